The smallest absolute Gasteiger partial charge is 0.195 e. The highest BCUT2D eigenvalue weighted by Crippen LogP contribution is 2.25. The first-order valence-electron chi connectivity index (χ1n) is 3.55. The third-order valence-corrected chi connectivity index (χ3v) is 2.98. The molecule has 1 nitrogen and oxygen atoms in total. The normalized spacial score (nSPS) is 16.0. The third-order valence-electron chi connectivity index (χ3n) is 1.08. The maximum atomic E-state index is 12.5. The van der Waals surface area contributed by atoms with E-state index in [9.17, 15) is 4.39 Å². The maximum Gasteiger partial charge on any atom is 0.195 e. The Labute approximate surface area is 77.0 Å². The minimum absolute atomic E-state index is 0.100. The monoisotopic (exact) mass is 195 g/mol. The summed E-state index contributed by atoms with van der Waals surface area (Å²) in [6, 6.07) is 0. The van der Waals surface area contributed by atoms with Gasteiger partial charge in [-0.15, -0.1) is 11.8 Å². The predicted molar refractivity (Wildman–Crippen MR) is 53.5 cm³/mol. The molecule has 2 N–H and O–H groups in total. The Balaban J connectivity index is 4.03. The molecule has 0 aliphatic rings. The molecule has 0 heterocycles. The van der Waals surface area contributed by atoms with E-state index in [0.717, 1.165) is 12.2 Å². The highest BCUT2D eigenvalue weighted by atomic mass is 32.2. The standard InChI is InChI=1S/C7H14FNS2/c1-3-4-11-6(5(2)10)7(8)9/h5,10H,3-4,9H2,1-2H3/b7-6-. The van der Waals surface area contributed by atoms with Gasteiger partial charge in [0.1, 0.15) is 0 Å². The molecular formula is C7H14FNS2. The van der Waals surface area contributed by atoms with E-state index in [1.807, 2.05) is 13.8 Å². The molecule has 0 aromatic rings. The molecule has 0 aliphatic carbocycles. The minimum Gasteiger partial charge on any atom is -0.375 e. The Bertz CT molecular complexity index is 141. The lowest BCUT2D eigenvalue weighted by molar-refractivity contribution is 0.619. The number of thiol groups is 1. The summed E-state index contributed by atoms with van der Waals surface area (Å²) in [4.78, 5) is 0.551. The van der Waals surface area contributed by atoms with Crippen molar-refractivity contribution in [1.82, 2.24) is 0 Å². The van der Waals surface area contributed by atoms with Crippen LogP contribution in [0.3, 0.4) is 0 Å². The fraction of sp³-hybridized carbons (Fsp3) is 0.714. The van der Waals surface area contributed by atoms with Crippen LogP contribution in [0.2, 0.25) is 0 Å². The summed E-state index contributed by atoms with van der Waals surface area (Å²) in [5.74, 6) is 0.302. The van der Waals surface area contributed by atoms with Crippen LogP contribution in [-0.2, 0) is 0 Å². The fourth-order valence-electron chi connectivity index (χ4n) is 0.601. The van der Waals surface area contributed by atoms with Gasteiger partial charge in [-0.25, -0.2) is 0 Å². The molecule has 11 heavy (non-hydrogen) atoms. The van der Waals surface area contributed by atoms with Crippen LogP contribution in [0.5, 0.6) is 0 Å². The molecule has 0 aliphatic heterocycles. The van der Waals surface area contributed by atoms with Crippen LogP contribution >= 0.6 is 24.4 Å². The summed E-state index contributed by atoms with van der Waals surface area (Å²) in [6.07, 6.45) is 1.02. The van der Waals surface area contributed by atoms with Crippen molar-refractivity contribution in [2.45, 2.75) is 25.5 Å². The number of hydrogen-bond donors (Lipinski definition) is 2. The summed E-state index contributed by atoms with van der Waals surface area (Å²) < 4.78 is 12.5. The Morgan fingerprint density at radius 2 is 2.27 bits per heavy atom. The van der Waals surface area contributed by atoms with Crippen LogP contribution in [0.15, 0.2) is 10.9 Å². The first kappa shape index (κ1) is 11.2. The Morgan fingerprint density at radius 3 is 2.55 bits per heavy atom. The summed E-state index contributed by atoms with van der Waals surface area (Å²) in [7, 11) is 0. The number of nitrogens with two attached hydrogens (primary N) is 1. The number of hydrogen-bond acceptors (Lipinski definition) is 3. The summed E-state index contributed by atoms with van der Waals surface area (Å²) in [5, 5.41) is -0.100. The molecule has 0 amide bonds. The van der Waals surface area contributed by atoms with Gasteiger partial charge in [0.2, 0.25) is 0 Å². The van der Waals surface area contributed by atoms with Gasteiger partial charge in [-0.2, -0.15) is 17.0 Å². The second-order valence-corrected chi connectivity index (χ2v) is 4.15. The van der Waals surface area contributed by atoms with E-state index in [2.05, 4.69) is 12.6 Å². The van der Waals surface area contributed by atoms with Crippen molar-refractivity contribution in [1.29, 1.82) is 0 Å². The van der Waals surface area contributed by atoms with Gasteiger partial charge in [-0.3, -0.25) is 0 Å². The zero-order valence-electron chi connectivity index (χ0n) is 6.80. The highest BCUT2D eigenvalue weighted by Gasteiger charge is 2.08. The zero-order valence-corrected chi connectivity index (χ0v) is 8.51. The van der Waals surface area contributed by atoms with Crippen molar-refractivity contribution in [2.75, 3.05) is 5.75 Å². The predicted octanol–water partition coefficient (Wildman–Crippen LogP) is 2.55. The SMILES string of the molecule is CCCS/C(=C(\N)F)C(C)S. The maximum absolute atomic E-state index is 12.5. The first-order valence-corrected chi connectivity index (χ1v) is 5.05. The van der Waals surface area contributed by atoms with Gasteiger partial charge in [0.15, 0.2) is 5.95 Å². The molecule has 0 rings (SSSR count). The second-order valence-electron chi connectivity index (χ2n) is 2.24. The highest BCUT2D eigenvalue weighted by molar-refractivity contribution is 8.04. The van der Waals surface area contributed by atoms with E-state index in [1.165, 1.54) is 11.8 Å². The average molecular weight is 195 g/mol. The summed E-state index contributed by atoms with van der Waals surface area (Å²) in [5.41, 5.74) is 5.02. The van der Waals surface area contributed by atoms with Gasteiger partial charge in [0.05, 0.1) is 0 Å². The number of thioether (sulfide) groups is 1. The second kappa shape index (κ2) is 5.77. The van der Waals surface area contributed by atoms with Gasteiger partial charge < -0.3 is 5.73 Å². The zero-order chi connectivity index (χ0) is 8.85. The Morgan fingerprint density at radius 1 is 1.73 bits per heavy atom. The van der Waals surface area contributed by atoms with E-state index in [-0.39, 0.29) is 5.25 Å². The molecule has 0 saturated heterocycles. The molecule has 0 aromatic heterocycles. The van der Waals surface area contributed by atoms with Gasteiger partial charge in [-0.1, -0.05) is 6.92 Å². The van der Waals surface area contributed by atoms with Gasteiger partial charge in [0.25, 0.3) is 0 Å². The quantitative estimate of drug-likeness (QED) is 0.532. The number of rotatable bonds is 4. The van der Waals surface area contributed by atoms with Crippen LogP contribution in [0, 0.1) is 0 Å². The lowest BCUT2D eigenvalue weighted by Crippen LogP contribution is -2.03. The summed E-state index contributed by atoms with van der Waals surface area (Å²) >= 11 is 5.55. The van der Waals surface area contributed by atoms with Crippen LogP contribution in [0.4, 0.5) is 4.39 Å². The molecule has 0 fully saturated rings. The van der Waals surface area contributed by atoms with Crippen LogP contribution < -0.4 is 5.73 Å². The first-order chi connectivity index (χ1) is 5.09. The molecule has 0 saturated carbocycles. The molecular weight excluding hydrogens is 181 g/mol. The Kier molecular flexibility index (Phi) is 5.86. The molecule has 0 aromatic carbocycles. The van der Waals surface area contributed by atoms with Crippen molar-refractivity contribution >= 4 is 24.4 Å². The van der Waals surface area contributed by atoms with E-state index in [1.54, 1.807) is 0 Å². The van der Waals surface area contributed by atoms with Gasteiger partial charge in [0, 0.05) is 10.2 Å². The average Bonchev–Trinajstić information content (AvgIpc) is 1.87. The van der Waals surface area contributed by atoms with Crippen molar-refractivity contribution in [3.05, 3.63) is 10.9 Å². The Hall–Kier alpha value is 0.170. The van der Waals surface area contributed by atoms with Crippen LogP contribution in [-0.4, -0.2) is 11.0 Å². The molecule has 0 spiro atoms. The molecule has 0 radical (unpaired) electrons. The van der Waals surface area contributed by atoms with E-state index >= 15 is 0 Å². The fourth-order valence-corrected chi connectivity index (χ4v) is 1.75. The molecule has 4 heteroatoms. The minimum atomic E-state index is -0.592. The molecule has 66 valence electrons. The lowest BCUT2D eigenvalue weighted by Gasteiger charge is -2.08. The molecule has 1 unspecified atom stereocenters. The van der Waals surface area contributed by atoms with Gasteiger partial charge >= 0.3 is 0 Å². The van der Waals surface area contributed by atoms with Crippen molar-refractivity contribution in [2.24, 2.45) is 5.73 Å². The van der Waals surface area contributed by atoms with E-state index in [0.29, 0.717) is 4.91 Å². The van der Waals surface area contributed by atoms with Crippen LogP contribution in [0.1, 0.15) is 20.3 Å². The third kappa shape index (κ3) is 4.58. The largest absolute Gasteiger partial charge is 0.375 e. The molecule has 0 bridgehead atoms. The van der Waals surface area contributed by atoms with E-state index < -0.39 is 5.95 Å². The lowest BCUT2D eigenvalue weighted by atomic mass is 10.4. The van der Waals surface area contributed by atoms with Crippen molar-refractivity contribution < 1.29 is 4.39 Å². The van der Waals surface area contributed by atoms with E-state index in [4.69, 9.17) is 5.73 Å². The van der Waals surface area contributed by atoms with Crippen LogP contribution in [0.25, 0.3) is 0 Å². The molecule has 1 atom stereocenters. The topological polar surface area (TPSA) is 26.0 Å². The number of halogens is 1. The van der Waals surface area contributed by atoms with Crippen molar-refractivity contribution in [3.8, 4) is 0 Å². The van der Waals surface area contributed by atoms with Crippen molar-refractivity contribution in [3.63, 3.8) is 0 Å². The summed E-state index contributed by atoms with van der Waals surface area (Å²) in [6.45, 7) is 3.86. The van der Waals surface area contributed by atoms with Gasteiger partial charge in [-0.05, 0) is 19.1 Å².